The lowest BCUT2D eigenvalue weighted by Crippen LogP contribution is -1.87. The van der Waals surface area contributed by atoms with E-state index in [0.717, 1.165) is 10.9 Å². The van der Waals surface area contributed by atoms with Gasteiger partial charge in [-0.2, -0.15) is 0 Å². The van der Waals surface area contributed by atoms with Gasteiger partial charge >= 0.3 is 0 Å². The first-order valence-electron chi connectivity index (χ1n) is 8.12. The Labute approximate surface area is 151 Å². The minimum atomic E-state index is 0.955. The smallest absolute Gasteiger partial charge is 0.0250 e. The first-order valence-corrected chi connectivity index (χ1v) is 8.92. The zero-order valence-corrected chi connectivity index (χ0v) is 14.8. The quantitative estimate of drug-likeness (QED) is 0.471. The molecular weight excluding hydrogens is 356 g/mol. The Morgan fingerprint density at radius 1 is 0.625 bits per heavy atom. The molecule has 0 spiro atoms. The molecule has 0 nitrogen and oxygen atoms in total. The first kappa shape index (κ1) is 15.2. The average Bonchev–Trinajstić information content (AvgIpc) is 3.09. The Morgan fingerprint density at radius 3 is 1.88 bits per heavy atom. The normalized spacial score (nSPS) is 14.0. The van der Waals surface area contributed by atoms with E-state index in [4.69, 9.17) is 0 Å². The predicted molar refractivity (Wildman–Crippen MR) is 106 cm³/mol. The van der Waals surface area contributed by atoms with Gasteiger partial charge in [-0.1, -0.05) is 94.8 Å². The van der Waals surface area contributed by atoms with Crippen molar-refractivity contribution in [3.05, 3.63) is 112 Å². The van der Waals surface area contributed by atoms with Crippen molar-refractivity contribution in [2.45, 2.75) is 6.42 Å². The van der Waals surface area contributed by atoms with Gasteiger partial charge in [0, 0.05) is 4.47 Å². The van der Waals surface area contributed by atoms with Crippen LogP contribution in [-0.4, -0.2) is 0 Å². The van der Waals surface area contributed by atoms with E-state index in [1.807, 2.05) is 0 Å². The van der Waals surface area contributed by atoms with Crippen LogP contribution in [-0.2, 0) is 0 Å². The average molecular weight is 373 g/mol. The Kier molecular flexibility index (Phi) is 4.18. The number of hydrogen-bond acceptors (Lipinski definition) is 0. The van der Waals surface area contributed by atoms with Gasteiger partial charge < -0.3 is 0 Å². The van der Waals surface area contributed by atoms with Crippen LogP contribution in [0.3, 0.4) is 0 Å². The molecule has 0 atom stereocenters. The van der Waals surface area contributed by atoms with Crippen molar-refractivity contribution in [1.82, 2.24) is 0 Å². The summed E-state index contributed by atoms with van der Waals surface area (Å²) in [6, 6.07) is 29.8. The summed E-state index contributed by atoms with van der Waals surface area (Å²) in [6.07, 6.45) is 3.30. The van der Waals surface area contributed by atoms with Crippen LogP contribution in [0.25, 0.3) is 16.7 Å². The highest BCUT2D eigenvalue weighted by Crippen LogP contribution is 2.43. The summed E-state index contributed by atoms with van der Waals surface area (Å²) < 4.78 is 1.15. The van der Waals surface area contributed by atoms with Crippen LogP contribution in [0.15, 0.2) is 95.5 Å². The van der Waals surface area contributed by atoms with Crippen LogP contribution >= 0.6 is 15.9 Å². The van der Waals surface area contributed by atoms with Crippen molar-refractivity contribution in [1.29, 1.82) is 0 Å². The van der Waals surface area contributed by atoms with Crippen LogP contribution in [0.2, 0.25) is 0 Å². The standard InChI is InChI=1S/C23H17Br/c24-23-14-8-7-13-20(23)19-15-21(17-9-3-1-4-10-17)22(16-19)18-11-5-2-6-12-18/h1-15H,16H2. The summed E-state index contributed by atoms with van der Waals surface area (Å²) in [5.41, 5.74) is 7.94. The number of benzene rings is 3. The van der Waals surface area contributed by atoms with Crippen LogP contribution in [0, 0.1) is 0 Å². The second-order valence-corrected chi connectivity index (χ2v) is 6.80. The van der Waals surface area contributed by atoms with Gasteiger partial charge in [0.15, 0.2) is 0 Å². The van der Waals surface area contributed by atoms with E-state index < -0.39 is 0 Å². The molecule has 24 heavy (non-hydrogen) atoms. The lowest BCUT2D eigenvalue weighted by molar-refractivity contribution is 1.41. The summed E-state index contributed by atoms with van der Waals surface area (Å²) in [5.74, 6) is 0. The third-order valence-electron chi connectivity index (χ3n) is 4.44. The SMILES string of the molecule is Brc1ccccc1C1=CC(c2ccccc2)=C(c2ccccc2)C1. The molecule has 0 heterocycles. The highest BCUT2D eigenvalue weighted by molar-refractivity contribution is 9.10. The molecule has 0 aliphatic heterocycles. The van der Waals surface area contributed by atoms with Crippen molar-refractivity contribution >= 4 is 32.6 Å². The fourth-order valence-electron chi connectivity index (χ4n) is 3.26. The molecule has 0 bridgehead atoms. The van der Waals surface area contributed by atoms with Gasteiger partial charge in [0.05, 0.1) is 0 Å². The van der Waals surface area contributed by atoms with Crippen LogP contribution in [0.1, 0.15) is 23.1 Å². The topological polar surface area (TPSA) is 0 Å². The molecule has 0 aromatic heterocycles. The molecule has 1 aliphatic carbocycles. The molecule has 1 heteroatoms. The molecule has 116 valence electrons. The summed E-state index contributed by atoms with van der Waals surface area (Å²) in [5, 5.41) is 0. The lowest BCUT2D eigenvalue weighted by Gasteiger charge is -2.09. The second kappa shape index (κ2) is 6.62. The number of hydrogen-bond donors (Lipinski definition) is 0. The fourth-order valence-corrected chi connectivity index (χ4v) is 3.80. The molecule has 3 aromatic rings. The maximum Gasteiger partial charge on any atom is 0.0250 e. The number of halogens is 1. The van der Waals surface area contributed by atoms with Gasteiger partial charge in [0.2, 0.25) is 0 Å². The highest BCUT2D eigenvalue weighted by atomic mass is 79.9. The van der Waals surface area contributed by atoms with Crippen LogP contribution in [0.4, 0.5) is 0 Å². The minimum Gasteiger partial charge on any atom is -0.0622 e. The molecule has 0 saturated heterocycles. The Morgan fingerprint density at radius 2 is 1.21 bits per heavy atom. The number of rotatable bonds is 3. The Hall–Kier alpha value is -2.38. The van der Waals surface area contributed by atoms with Crippen molar-refractivity contribution in [3.8, 4) is 0 Å². The molecule has 3 aromatic carbocycles. The summed E-state index contributed by atoms with van der Waals surface area (Å²) in [4.78, 5) is 0. The van der Waals surface area contributed by atoms with Gasteiger partial charge in [-0.3, -0.25) is 0 Å². The summed E-state index contributed by atoms with van der Waals surface area (Å²) in [7, 11) is 0. The van der Waals surface area contributed by atoms with Crippen molar-refractivity contribution < 1.29 is 0 Å². The Balaban J connectivity index is 1.84. The largest absolute Gasteiger partial charge is 0.0622 e. The zero-order chi connectivity index (χ0) is 16.4. The van der Waals surface area contributed by atoms with E-state index in [2.05, 4.69) is 107 Å². The summed E-state index contributed by atoms with van der Waals surface area (Å²) >= 11 is 3.70. The molecule has 1 aliphatic rings. The molecule has 0 amide bonds. The molecule has 0 N–H and O–H groups in total. The molecular formula is C23H17Br. The lowest BCUT2D eigenvalue weighted by atomic mass is 9.96. The zero-order valence-electron chi connectivity index (χ0n) is 13.2. The highest BCUT2D eigenvalue weighted by Gasteiger charge is 2.20. The first-order chi connectivity index (χ1) is 11.8. The maximum absolute atomic E-state index is 3.70. The van der Waals surface area contributed by atoms with E-state index in [1.54, 1.807) is 0 Å². The Bertz CT molecular complexity index is 919. The molecule has 0 fully saturated rings. The second-order valence-electron chi connectivity index (χ2n) is 5.95. The summed E-state index contributed by atoms with van der Waals surface area (Å²) in [6.45, 7) is 0. The van der Waals surface area contributed by atoms with E-state index >= 15 is 0 Å². The third-order valence-corrected chi connectivity index (χ3v) is 5.13. The predicted octanol–water partition coefficient (Wildman–Crippen LogP) is 6.85. The van der Waals surface area contributed by atoms with E-state index in [1.165, 1.54) is 33.4 Å². The maximum atomic E-state index is 3.70. The van der Waals surface area contributed by atoms with Crippen molar-refractivity contribution in [2.24, 2.45) is 0 Å². The number of allylic oxidation sites excluding steroid dienone is 4. The van der Waals surface area contributed by atoms with Crippen molar-refractivity contribution in [2.75, 3.05) is 0 Å². The van der Waals surface area contributed by atoms with E-state index in [-0.39, 0.29) is 0 Å². The van der Waals surface area contributed by atoms with Crippen molar-refractivity contribution in [3.63, 3.8) is 0 Å². The monoisotopic (exact) mass is 372 g/mol. The van der Waals surface area contributed by atoms with Gasteiger partial charge in [0.1, 0.15) is 0 Å². The third kappa shape index (κ3) is 2.88. The van der Waals surface area contributed by atoms with Gasteiger partial charge in [-0.05, 0) is 52.0 Å². The molecule has 0 radical (unpaired) electrons. The van der Waals surface area contributed by atoms with E-state index in [9.17, 15) is 0 Å². The van der Waals surface area contributed by atoms with Crippen LogP contribution in [0.5, 0.6) is 0 Å². The van der Waals surface area contributed by atoms with Gasteiger partial charge in [-0.15, -0.1) is 0 Å². The molecule has 4 rings (SSSR count). The molecule has 0 saturated carbocycles. The van der Waals surface area contributed by atoms with E-state index in [0.29, 0.717) is 0 Å². The van der Waals surface area contributed by atoms with Gasteiger partial charge in [-0.25, -0.2) is 0 Å². The van der Waals surface area contributed by atoms with Gasteiger partial charge in [0.25, 0.3) is 0 Å². The minimum absolute atomic E-state index is 0.955. The van der Waals surface area contributed by atoms with Crippen LogP contribution < -0.4 is 0 Å². The fraction of sp³-hybridized carbons (Fsp3) is 0.0435. The molecule has 0 unspecified atom stereocenters.